The summed E-state index contributed by atoms with van der Waals surface area (Å²) < 4.78 is 0. The van der Waals surface area contributed by atoms with Crippen molar-refractivity contribution >= 4 is 12.4 Å². The average Bonchev–Trinajstić information content (AvgIpc) is 2.94. The standard InChI is InChI=1S/C15H22N4O2/c1-10-4-13(15(2,3)21)17-14(16-10)19-7-11-5-18(9-20)6-12(11)8-19/h4,9,11-12,21H,5-8H2,1-3H3. The summed E-state index contributed by atoms with van der Waals surface area (Å²) in [6, 6.07) is 1.83. The lowest BCUT2D eigenvalue weighted by Crippen LogP contribution is -2.30. The van der Waals surface area contributed by atoms with Gasteiger partial charge < -0.3 is 14.9 Å². The second kappa shape index (κ2) is 4.94. The third-order valence-corrected chi connectivity index (χ3v) is 4.42. The van der Waals surface area contributed by atoms with Crippen LogP contribution in [-0.2, 0) is 10.4 Å². The number of rotatable bonds is 3. The number of carbonyl (C=O) groups is 1. The maximum Gasteiger partial charge on any atom is 0.225 e. The number of aliphatic hydroxyl groups is 1. The monoisotopic (exact) mass is 290 g/mol. The highest BCUT2D eigenvalue weighted by Gasteiger charge is 2.40. The zero-order chi connectivity index (χ0) is 15.2. The van der Waals surface area contributed by atoms with Gasteiger partial charge in [0.15, 0.2) is 0 Å². The molecule has 1 aromatic heterocycles. The Bertz CT molecular complexity index is 541. The van der Waals surface area contributed by atoms with E-state index in [0.717, 1.165) is 38.3 Å². The minimum atomic E-state index is -0.966. The van der Waals surface area contributed by atoms with Gasteiger partial charge in [-0.3, -0.25) is 4.79 Å². The lowest BCUT2D eigenvalue weighted by atomic mass is 10.0. The summed E-state index contributed by atoms with van der Waals surface area (Å²) in [4.78, 5) is 23.9. The van der Waals surface area contributed by atoms with Crippen molar-refractivity contribution in [2.45, 2.75) is 26.4 Å². The third-order valence-electron chi connectivity index (χ3n) is 4.42. The van der Waals surface area contributed by atoms with Gasteiger partial charge in [0.2, 0.25) is 12.4 Å². The SMILES string of the molecule is Cc1cc(C(C)(C)O)nc(N2CC3CN(C=O)CC3C2)n1. The molecule has 0 aromatic carbocycles. The molecular weight excluding hydrogens is 268 g/mol. The molecule has 0 spiro atoms. The topological polar surface area (TPSA) is 69.6 Å². The molecule has 3 rings (SSSR count). The Morgan fingerprint density at radius 1 is 1.24 bits per heavy atom. The van der Waals surface area contributed by atoms with Crippen LogP contribution in [0.3, 0.4) is 0 Å². The van der Waals surface area contributed by atoms with Gasteiger partial charge in [-0.05, 0) is 26.8 Å². The first-order valence-electron chi connectivity index (χ1n) is 7.39. The fourth-order valence-corrected chi connectivity index (χ4v) is 3.29. The smallest absolute Gasteiger partial charge is 0.225 e. The largest absolute Gasteiger partial charge is 0.384 e. The highest BCUT2D eigenvalue weighted by molar-refractivity contribution is 5.48. The zero-order valence-electron chi connectivity index (χ0n) is 12.8. The zero-order valence-corrected chi connectivity index (χ0v) is 12.8. The molecule has 2 aliphatic heterocycles. The number of aryl methyl sites for hydroxylation is 1. The predicted molar refractivity (Wildman–Crippen MR) is 78.8 cm³/mol. The highest BCUT2D eigenvalue weighted by Crippen LogP contribution is 2.32. The first kappa shape index (κ1) is 14.3. The average molecular weight is 290 g/mol. The Kier molecular flexibility index (Phi) is 3.36. The van der Waals surface area contributed by atoms with Crippen LogP contribution in [0.4, 0.5) is 5.95 Å². The quantitative estimate of drug-likeness (QED) is 0.823. The number of anilines is 1. The highest BCUT2D eigenvalue weighted by atomic mass is 16.3. The maximum absolute atomic E-state index is 10.8. The van der Waals surface area contributed by atoms with Gasteiger partial charge in [-0.1, -0.05) is 0 Å². The summed E-state index contributed by atoms with van der Waals surface area (Å²) in [5.41, 5.74) is 0.548. The molecule has 0 radical (unpaired) electrons. The number of amides is 1. The molecule has 6 nitrogen and oxygen atoms in total. The minimum Gasteiger partial charge on any atom is -0.384 e. The molecule has 2 unspecified atom stereocenters. The van der Waals surface area contributed by atoms with Crippen LogP contribution in [0, 0.1) is 18.8 Å². The van der Waals surface area contributed by atoms with Crippen molar-refractivity contribution in [2.24, 2.45) is 11.8 Å². The number of fused-ring (bicyclic) bond motifs is 1. The first-order chi connectivity index (χ1) is 9.86. The molecule has 3 heterocycles. The van der Waals surface area contributed by atoms with E-state index in [4.69, 9.17) is 0 Å². The summed E-state index contributed by atoms with van der Waals surface area (Å²) in [7, 11) is 0. The Morgan fingerprint density at radius 3 is 2.38 bits per heavy atom. The molecule has 2 atom stereocenters. The van der Waals surface area contributed by atoms with E-state index in [1.54, 1.807) is 13.8 Å². The Labute approximate surface area is 124 Å². The van der Waals surface area contributed by atoms with Crippen molar-refractivity contribution in [3.05, 3.63) is 17.5 Å². The van der Waals surface area contributed by atoms with E-state index < -0.39 is 5.60 Å². The summed E-state index contributed by atoms with van der Waals surface area (Å²) >= 11 is 0. The predicted octanol–water partition coefficient (Wildman–Crippen LogP) is 0.537. The number of hydrogen-bond donors (Lipinski definition) is 1. The van der Waals surface area contributed by atoms with Crippen LogP contribution >= 0.6 is 0 Å². The second-order valence-corrected chi connectivity index (χ2v) is 6.74. The Balaban J connectivity index is 1.80. The van der Waals surface area contributed by atoms with Crippen LogP contribution in [0.1, 0.15) is 25.2 Å². The van der Waals surface area contributed by atoms with Gasteiger partial charge in [-0.15, -0.1) is 0 Å². The molecule has 6 heteroatoms. The van der Waals surface area contributed by atoms with E-state index in [2.05, 4.69) is 14.9 Å². The molecule has 0 bridgehead atoms. The van der Waals surface area contributed by atoms with Crippen LogP contribution in [0.25, 0.3) is 0 Å². The summed E-state index contributed by atoms with van der Waals surface area (Å²) in [5.74, 6) is 1.70. The fourth-order valence-electron chi connectivity index (χ4n) is 3.29. The van der Waals surface area contributed by atoms with Crippen LogP contribution < -0.4 is 4.90 Å². The molecule has 1 N–H and O–H groups in total. The second-order valence-electron chi connectivity index (χ2n) is 6.74. The van der Waals surface area contributed by atoms with Gasteiger partial charge in [-0.2, -0.15) is 0 Å². The lowest BCUT2D eigenvalue weighted by Gasteiger charge is -2.23. The van der Waals surface area contributed by atoms with Crippen molar-refractivity contribution in [1.29, 1.82) is 0 Å². The van der Waals surface area contributed by atoms with Crippen LogP contribution in [0.15, 0.2) is 6.07 Å². The molecule has 2 aliphatic rings. The molecule has 21 heavy (non-hydrogen) atoms. The van der Waals surface area contributed by atoms with E-state index in [0.29, 0.717) is 23.5 Å². The summed E-state index contributed by atoms with van der Waals surface area (Å²) in [6.07, 6.45) is 0.943. The molecule has 2 fully saturated rings. The van der Waals surface area contributed by atoms with Gasteiger partial charge in [0.25, 0.3) is 0 Å². The Hall–Kier alpha value is -1.69. The first-order valence-corrected chi connectivity index (χ1v) is 7.39. The molecule has 0 aliphatic carbocycles. The van der Waals surface area contributed by atoms with E-state index in [-0.39, 0.29) is 0 Å². The molecule has 114 valence electrons. The summed E-state index contributed by atoms with van der Waals surface area (Å²) in [6.45, 7) is 8.81. The number of nitrogens with zero attached hydrogens (tertiary/aromatic N) is 4. The fraction of sp³-hybridized carbons (Fsp3) is 0.667. The minimum absolute atomic E-state index is 0.505. The number of likely N-dealkylation sites (tertiary alicyclic amines) is 1. The molecular formula is C15H22N4O2. The molecule has 2 saturated heterocycles. The van der Waals surface area contributed by atoms with Gasteiger partial charge in [0, 0.05) is 43.7 Å². The van der Waals surface area contributed by atoms with Crippen molar-refractivity contribution < 1.29 is 9.90 Å². The number of carbonyl (C=O) groups excluding carboxylic acids is 1. The number of hydrogen-bond acceptors (Lipinski definition) is 5. The van der Waals surface area contributed by atoms with Gasteiger partial charge in [0.05, 0.1) is 5.69 Å². The van der Waals surface area contributed by atoms with E-state index in [1.165, 1.54) is 0 Å². The lowest BCUT2D eigenvalue weighted by molar-refractivity contribution is -0.117. The Morgan fingerprint density at radius 2 is 1.86 bits per heavy atom. The number of aromatic nitrogens is 2. The van der Waals surface area contributed by atoms with Crippen molar-refractivity contribution in [1.82, 2.24) is 14.9 Å². The van der Waals surface area contributed by atoms with E-state index >= 15 is 0 Å². The van der Waals surface area contributed by atoms with Crippen molar-refractivity contribution in [2.75, 3.05) is 31.1 Å². The summed E-state index contributed by atoms with van der Waals surface area (Å²) in [5, 5.41) is 10.2. The van der Waals surface area contributed by atoms with Crippen molar-refractivity contribution in [3.63, 3.8) is 0 Å². The van der Waals surface area contributed by atoms with Gasteiger partial charge in [-0.25, -0.2) is 9.97 Å². The third kappa shape index (κ3) is 2.72. The van der Waals surface area contributed by atoms with E-state index in [1.807, 2.05) is 17.9 Å². The van der Waals surface area contributed by atoms with Crippen molar-refractivity contribution in [3.8, 4) is 0 Å². The maximum atomic E-state index is 10.8. The van der Waals surface area contributed by atoms with Crippen LogP contribution in [0.5, 0.6) is 0 Å². The molecule has 1 amide bonds. The van der Waals surface area contributed by atoms with Gasteiger partial charge >= 0.3 is 0 Å². The van der Waals surface area contributed by atoms with Crippen LogP contribution in [0.2, 0.25) is 0 Å². The van der Waals surface area contributed by atoms with Gasteiger partial charge in [0.1, 0.15) is 5.60 Å². The molecule has 1 aromatic rings. The normalized spacial score (nSPS) is 25.3. The molecule has 0 saturated carbocycles. The van der Waals surface area contributed by atoms with Crippen LogP contribution in [-0.4, -0.2) is 52.6 Å². The van der Waals surface area contributed by atoms with E-state index in [9.17, 15) is 9.90 Å².